The third kappa shape index (κ3) is 11.4. The minimum Gasteiger partial charge on any atom is -0.395 e. The summed E-state index contributed by atoms with van der Waals surface area (Å²) in [5, 5.41) is 21.3. The highest BCUT2D eigenvalue weighted by atomic mass is 16.3. The first-order chi connectivity index (χ1) is 15.7. The van der Waals surface area contributed by atoms with Crippen LogP contribution in [-0.2, 0) is 0 Å². The van der Waals surface area contributed by atoms with Crippen molar-refractivity contribution >= 4 is 5.84 Å². The number of unbranched alkanes of at least 4 members (excludes halogenated alkanes) is 13. The second kappa shape index (κ2) is 19.7. The Labute approximate surface area is 198 Å². The Balaban J connectivity index is 2.21. The van der Waals surface area contributed by atoms with Gasteiger partial charge in [0.05, 0.1) is 32.8 Å². The van der Waals surface area contributed by atoms with Crippen LogP contribution >= 0.6 is 0 Å². The van der Waals surface area contributed by atoms with Gasteiger partial charge in [0, 0.05) is 12.6 Å². The molecule has 0 spiro atoms. The van der Waals surface area contributed by atoms with E-state index in [2.05, 4.69) is 24.1 Å². The van der Waals surface area contributed by atoms with Crippen LogP contribution in [0.4, 0.5) is 0 Å². The Morgan fingerprint density at radius 3 is 2.00 bits per heavy atom. The van der Waals surface area contributed by atoms with Crippen molar-refractivity contribution in [2.24, 2.45) is 10.7 Å². The lowest BCUT2D eigenvalue weighted by Gasteiger charge is -2.41. The van der Waals surface area contributed by atoms with Crippen molar-refractivity contribution in [3.63, 3.8) is 0 Å². The third-order valence-corrected chi connectivity index (χ3v) is 6.67. The van der Waals surface area contributed by atoms with Gasteiger partial charge in [0.1, 0.15) is 13.1 Å². The molecule has 0 aliphatic carbocycles. The Hall–Kier alpha value is -0.790. The Bertz CT molecular complexity index is 492. The fraction of sp³-hybridized carbons (Fsp3) is 0.885. The Morgan fingerprint density at radius 1 is 0.875 bits per heavy atom. The molecule has 6 nitrogen and oxygen atoms in total. The van der Waals surface area contributed by atoms with Crippen LogP contribution in [0.1, 0.15) is 96.8 Å². The van der Waals surface area contributed by atoms with Gasteiger partial charge in [0.2, 0.25) is 5.84 Å². The summed E-state index contributed by atoms with van der Waals surface area (Å²) in [4.78, 5) is 4.72. The number of quaternary nitrogens is 1. The summed E-state index contributed by atoms with van der Waals surface area (Å²) >= 11 is 0. The molecule has 6 heteroatoms. The monoisotopic (exact) mass is 453 g/mol. The van der Waals surface area contributed by atoms with Gasteiger partial charge in [-0.05, 0) is 12.8 Å². The molecule has 1 heterocycles. The van der Waals surface area contributed by atoms with E-state index in [4.69, 9.17) is 10.7 Å². The fourth-order valence-corrected chi connectivity index (χ4v) is 4.81. The predicted molar refractivity (Wildman–Crippen MR) is 137 cm³/mol. The normalized spacial score (nSPS) is 18.8. The van der Waals surface area contributed by atoms with Gasteiger partial charge in [-0.15, -0.1) is 5.01 Å². The minimum atomic E-state index is 0.0847. The van der Waals surface area contributed by atoms with Gasteiger partial charge in [-0.25, -0.2) is 4.99 Å². The summed E-state index contributed by atoms with van der Waals surface area (Å²) in [6.45, 7) is 6.39. The van der Waals surface area contributed by atoms with E-state index in [1.807, 2.05) is 0 Å². The van der Waals surface area contributed by atoms with E-state index in [1.54, 1.807) is 0 Å². The van der Waals surface area contributed by atoms with Gasteiger partial charge < -0.3 is 15.9 Å². The zero-order valence-electron chi connectivity index (χ0n) is 21.0. The highest BCUT2D eigenvalue weighted by Crippen LogP contribution is 2.21. The number of hydrogen-bond acceptors (Lipinski definition) is 5. The van der Waals surface area contributed by atoms with Crippen molar-refractivity contribution in [2.45, 2.75) is 96.8 Å². The first kappa shape index (κ1) is 29.2. The molecule has 0 bridgehead atoms. The third-order valence-electron chi connectivity index (χ3n) is 6.67. The molecule has 0 saturated heterocycles. The van der Waals surface area contributed by atoms with Crippen molar-refractivity contribution in [3.8, 4) is 0 Å². The van der Waals surface area contributed by atoms with Gasteiger partial charge in [-0.2, -0.15) is 4.59 Å². The van der Waals surface area contributed by atoms with Crippen LogP contribution < -0.4 is 5.73 Å². The van der Waals surface area contributed by atoms with Crippen molar-refractivity contribution in [1.82, 2.24) is 5.01 Å². The molecular weight excluding hydrogens is 400 g/mol. The van der Waals surface area contributed by atoms with Crippen molar-refractivity contribution in [2.75, 3.05) is 52.5 Å². The molecule has 1 unspecified atom stereocenters. The second-order valence-electron chi connectivity index (χ2n) is 9.23. The largest absolute Gasteiger partial charge is 0.395 e. The van der Waals surface area contributed by atoms with Crippen LogP contribution in [0, 0.1) is 0 Å². The van der Waals surface area contributed by atoms with Crippen LogP contribution in [0.25, 0.3) is 0 Å². The van der Waals surface area contributed by atoms with Gasteiger partial charge in [-0.1, -0.05) is 90.0 Å². The van der Waals surface area contributed by atoms with Gasteiger partial charge in [0.25, 0.3) is 0 Å². The number of aliphatic imine (C=N–C) groups is 1. The highest BCUT2D eigenvalue weighted by molar-refractivity contribution is 5.87. The number of amidine groups is 1. The van der Waals surface area contributed by atoms with E-state index >= 15 is 0 Å². The van der Waals surface area contributed by atoms with E-state index < -0.39 is 0 Å². The maximum atomic E-state index is 9.68. The maximum absolute atomic E-state index is 9.68. The first-order valence-corrected chi connectivity index (χ1v) is 13.5. The number of nitrogens with zero attached hydrogens (tertiary/aromatic N) is 3. The van der Waals surface area contributed by atoms with E-state index in [-0.39, 0.29) is 13.2 Å². The van der Waals surface area contributed by atoms with Gasteiger partial charge in [-0.3, -0.25) is 0 Å². The molecule has 1 rings (SSSR count). The molecule has 188 valence electrons. The first-order valence-electron chi connectivity index (χ1n) is 13.5. The summed E-state index contributed by atoms with van der Waals surface area (Å²) in [6, 6.07) is 0. The summed E-state index contributed by atoms with van der Waals surface area (Å²) < 4.78 is 0.517. The zero-order chi connectivity index (χ0) is 23.3. The summed E-state index contributed by atoms with van der Waals surface area (Å²) in [5.74, 6) is 0.996. The number of nitrogens with two attached hydrogens (primary N) is 1. The maximum Gasteiger partial charge on any atom is 0.242 e. The highest BCUT2D eigenvalue weighted by Gasteiger charge is 2.42. The molecule has 0 saturated carbocycles. The van der Waals surface area contributed by atoms with Crippen LogP contribution in [0.15, 0.2) is 17.1 Å². The summed E-state index contributed by atoms with van der Waals surface area (Å²) in [6.07, 6.45) is 23.4. The number of aliphatic hydroxyl groups is 2. The molecule has 0 aromatic heterocycles. The number of aliphatic hydroxyl groups excluding tert-OH is 2. The van der Waals surface area contributed by atoms with Crippen molar-refractivity contribution < 1.29 is 14.8 Å². The average molecular weight is 454 g/mol. The molecule has 4 N–H and O–H groups in total. The standard InChI is InChI=1S/C26H53N4O2/c1-2-3-4-5-6-7-8-9-10-11-12-13-14-15-16-17-26-28-19-22-30(26,23-25-32)29(20-18-27)21-24-31/h16-17,31-32H,2-15,18-25,27H2,1H3/q+1. The van der Waals surface area contributed by atoms with Crippen LogP contribution in [0.5, 0.6) is 0 Å². The predicted octanol–water partition coefficient (Wildman–Crippen LogP) is 4.41. The molecule has 32 heavy (non-hydrogen) atoms. The summed E-state index contributed by atoms with van der Waals surface area (Å²) in [7, 11) is 0. The molecule has 1 aliphatic heterocycles. The topological polar surface area (TPSA) is 82.1 Å². The molecule has 1 aliphatic rings. The average Bonchev–Trinajstić information content (AvgIpc) is 3.20. The summed E-state index contributed by atoms with van der Waals surface area (Å²) in [5.41, 5.74) is 5.81. The fourth-order valence-electron chi connectivity index (χ4n) is 4.81. The lowest BCUT2D eigenvalue weighted by atomic mass is 10.0. The smallest absolute Gasteiger partial charge is 0.242 e. The molecule has 1 atom stereocenters. The SMILES string of the molecule is CCCCCCCCCCCCCCCC=CC1=NCC[N+]1(CCO)N(CCN)CCO. The minimum absolute atomic E-state index is 0.0847. The second-order valence-corrected chi connectivity index (χ2v) is 9.23. The van der Waals surface area contributed by atoms with Crippen molar-refractivity contribution in [1.29, 1.82) is 0 Å². The molecule has 0 amide bonds. The van der Waals surface area contributed by atoms with E-state index in [1.165, 1.54) is 83.5 Å². The van der Waals surface area contributed by atoms with E-state index in [9.17, 15) is 10.2 Å². The van der Waals surface area contributed by atoms with Crippen molar-refractivity contribution in [3.05, 3.63) is 12.2 Å². The number of rotatable bonds is 22. The number of allylic oxidation sites excluding steroid dienone is 1. The molecule has 0 aromatic rings. The van der Waals surface area contributed by atoms with Crippen LogP contribution in [0.3, 0.4) is 0 Å². The molecule has 0 aromatic carbocycles. The Kier molecular flexibility index (Phi) is 18.0. The van der Waals surface area contributed by atoms with Crippen LogP contribution in [0.2, 0.25) is 0 Å². The van der Waals surface area contributed by atoms with Gasteiger partial charge in [0.15, 0.2) is 0 Å². The van der Waals surface area contributed by atoms with Gasteiger partial charge >= 0.3 is 0 Å². The molecule has 0 radical (unpaired) electrons. The lowest BCUT2D eigenvalue weighted by molar-refractivity contribution is -0.953. The molecule has 0 fully saturated rings. The Morgan fingerprint density at radius 2 is 1.47 bits per heavy atom. The quantitative estimate of drug-likeness (QED) is 0.167. The van der Waals surface area contributed by atoms with E-state index in [0.717, 1.165) is 25.3 Å². The molecular formula is C26H53N4O2+. The lowest BCUT2D eigenvalue weighted by Crippen LogP contribution is -2.64. The van der Waals surface area contributed by atoms with Crippen LogP contribution in [-0.4, -0.2) is 78.1 Å². The van der Waals surface area contributed by atoms with E-state index in [0.29, 0.717) is 30.8 Å². The number of hydrogen-bond donors (Lipinski definition) is 3. The zero-order valence-corrected chi connectivity index (χ0v) is 21.0.